The maximum absolute atomic E-state index is 12.3. The molecule has 3 heteroatoms. The van der Waals surface area contributed by atoms with Crippen LogP contribution in [-0.4, -0.2) is 31.4 Å². The zero-order valence-corrected chi connectivity index (χ0v) is 11.4. The van der Waals surface area contributed by atoms with Gasteiger partial charge in [-0.3, -0.25) is 4.79 Å². The van der Waals surface area contributed by atoms with Gasteiger partial charge in [-0.25, -0.2) is 0 Å². The van der Waals surface area contributed by atoms with Crippen molar-refractivity contribution in [1.29, 1.82) is 0 Å². The van der Waals surface area contributed by atoms with Gasteiger partial charge in [0.25, 0.3) is 5.91 Å². The Balaban J connectivity index is 2.98. The van der Waals surface area contributed by atoms with Crippen LogP contribution in [0.4, 0.5) is 5.69 Å². The number of nitrogens with zero attached hydrogens (tertiary/aromatic N) is 1. The maximum Gasteiger partial charge on any atom is 0.255 e. The minimum atomic E-state index is 0.0757. The van der Waals surface area contributed by atoms with Crippen molar-refractivity contribution in [2.45, 2.75) is 20.8 Å². The first-order valence-corrected chi connectivity index (χ1v) is 5.99. The summed E-state index contributed by atoms with van der Waals surface area (Å²) in [6, 6.07) is 5.89. The molecule has 0 aromatic heterocycles. The third-order valence-corrected chi connectivity index (χ3v) is 2.66. The average molecular weight is 234 g/mol. The summed E-state index contributed by atoms with van der Waals surface area (Å²) in [6.45, 7) is 6.99. The Morgan fingerprint density at radius 2 is 2.06 bits per heavy atom. The Kier molecular flexibility index (Phi) is 4.55. The summed E-state index contributed by atoms with van der Waals surface area (Å²) in [5, 5.41) is 3.06. The molecule has 0 atom stereocenters. The Bertz CT molecular complexity index is 399. The Labute approximate surface area is 104 Å². The first-order valence-electron chi connectivity index (χ1n) is 5.99. The first kappa shape index (κ1) is 13.6. The molecule has 17 heavy (non-hydrogen) atoms. The molecule has 3 nitrogen and oxygen atoms in total. The lowest BCUT2D eigenvalue weighted by molar-refractivity contribution is 0.0780. The topological polar surface area (TPSA) is 32.3 Å². The van der Waals surface area contributed by atoms with E-state index in [4.69, 9.17) is 0 Å². The molecule has 1 rings (SSSR count). The first-order chi connectivity index (χ1) is 7.95. The number of hydrogen-bond donors (Lipinski definition) is 1. The molecule has 0 fully saturated rings. The molecule has 0 heterocycles. The van der Waals surface area contributed by atoms with Crippen LogP contribution in [0.5, 0.6) is 0 Å². The molecule has 0 bridgehead atoms. The summed E-state index contributed by atoms with van der Waals surface area (Å²) in [5.41, 5.74) is 2.73. The molecule has 1 amide bonds. The molecule has 0 radical (unpaired) electrons. The third kappa shape index (κ3) is 3.48. The van der Waals surface area contributed by atoms with Crippen molar-refractivity contribution in [2.75, 3.05) is 26.0 Å². The fourth-order valence-corrected chi connectivity index (χ4v) is 1.89. The van der Waals surface area contributed by atoms with Crippen LogP contribution < -0.4 is 5.32 Å². The summed E-state index contributed by atoms with van der Waals surface area (Å²) in [7, 11) is 3.69. The minimum absolute atomic E-state index is 0.0757. The number of anilines is 1. The van der Waals surface area contributed by atoms with Crippen LogP contribution in [-0.2, 0) is 0 Å². The predicted octanol–water partition coefficient (Wildman–Crippen LogP) is 2.76. The highest BCUT2D eigenvalue weighted by atomic mass is 16.2. The highest BCUT2D eigenvalue weighted by molar-refractivity contribution is 5.99. The van der Waals surface area contributed by atoms with Gasteiger partial charge in [-0.05, 0) is 25.0 Å². The fraction of sp³-hybridized carbons (Fsp3) is 0.500. The van der Waals surface area contributed by atoms with E-state index in [2.05, 4.69) is 19.2 Å². The van der Waals surface area contributed by atoms with Gasteiger partial charge in [0, 0.05) is 26.3 Å². The van der Waals surface area contributed by atoms with Gasteiger partial charge in [-0.1, -0.05) is 25.5 Å². The van der Waals surface area contributed by atoms with E-state index in [1.807, 2.05) is 39.2 Å². The quantitative estimate of drug-likeness (QED) is 0.868. The third-order valence-electron chi connectivity index (χ3n) is 2.66. The number of rotatable bonds is 4. The second kappa shape index (κ2) is 5.71. The smallest absolute Gasteiger partial charge is 0.255 e. The molecular weight excluding hydrogens is 212 g/mol. The van der Waals surface area contributed by atoms with Gasteiger partial charge in [0.15, 0.2) is 0 Å². The molecule has 0 saturated heterocycles. The number of carbonyl (C=O) groups excluding carboxylic acids is 1. The lowest BCUT2D eigenvalue weighted by atomic mass is 10.1. The maximum atomic E-state index is 12.3. The van der Waals surface area contributed by atoms with E-state index >= 15 is 0 Å². The highest BCUT2D eigenvalue weighted by Gasteiger charge is 2.16. The van der Waals surface area contributed by atoms with Crippen LogP contribution >= 0.6 is 0 Å². The molecule has 1 N–H and O–H groups in total. The van der Waals surface area contributed by atoms with Crippen LogP contribution in [0.1, 0.15) is 29.8 Å². The number of benzene rings is 1. The fourth-order valence-electron chi connectivity index (χ4n) is 1.89. The van der Waals surface area contributed by atoms with Gasteiger partial charge in [0.05, 0.1) is 5.56 Å². The van der Waals surface area contributed by atoms with Gasteiger partial charge in [-0.15, -0.1) is 0 Å². The van der Waals surface area contributed by atoms with Crippen molar-refractivity contribution in [3.63, 3.8) is 0 Å². The molecule has 1 aromatic rings. The van der Waals surface area contributed by atoms with E-state index in [1.165, 1.54) is 0 Å². The zero-order chi connectivity index (χ0) is 13.0. The SMILES string of the molecule is CNc1ccc(C)cc1C(=O)N(C)CC(C)C. The van der Waals surface area contributed by atoms with E-state index in [0.29, 0.717) is 5.92 Å². The molecule has 0 saturated carbocycles. The molecule has 0 spiro atoms. The van der Waals surface area contributed by atoms with Gasteiger partial charge in [0.1, 0.15) is 0 Å². The molecular formula is C14H22N2O. The normalized spacial score (nSPS) is 10.5. The number of aryl methyl sites for hydroxylation is 1. The Morgan fingerprint density at radius 3 is 2.59 bits per heavy atom. The van der Waals surface area contributed by atoms with E-state index in [-0.39, 0.29) is 5.91 Å². The number of hydrogen-bond acceptors (Lipinski definition) is 2. The van der Waals surface area contributed by atoms with Crippen molar-refractivity contribution in [3.05, 3.63) is 29.3 Å². The standard InChI is InChI=1S/C14H22N2O/c1-10(2)9-16(5)14(17)12-8-11(3)6-7-13(12)15-4/h6-8,10,15H,9H2,1-5H3. The van der Waals surface area contributed by atoms with Gasteiger partial charge in [0.2, 0.25) is 0 Å². The Morgan fingerprint density at radius 1 is 1.41 bits per heavy atom. The van der Waals surface area contributed by atoms with Crippen LogP contribution in [0.3, 0.4) is 0 Å². The molecule has 0 aliphatic carbocycles. The summed E-state index contributed by atoms with van der Waals surface area (Å²) >= 11 is 0. The van der Waals surface area contributed by atoms with Gasteiger partial charge in [-0.2, -0.15) is 0 Å². The van der Waals surface area contributed by atoms with Crippen molar-refractivity contribution < 1.29 is 4.79 Å². The van der Waals surface area contributed by atoms with Crippen LogP contribution in [0.25, 0.3) is 0 Å². The zero-order valence-electron chi connectivity index (χ0n) is 11.4. The molecule has 0 unspecified atom stereocenters. The van der Waals surface area contributed by atoms with Crippen molar-refractivity contribution in [3.8, 4) is 0 Å². The summed E-state index contributed by atoms with van der Waals surface area (Å²) in [5.74, 6) is 0.554. The second-order valence-electron chi connectivity index (χ2n) is 4.88. The predicted molar refractivity (Wildman–Crippen MR) is 72.5 cm³/mol. The summed E-state index contributed by atoms with van der Waals surface area (Å²) in [4.78, 5) is 14.1. The van der Waals surface area contributed by atoms with E-state index in [9.17, 15) is 4.79 Å². The van der Waals surface area contributed by atoms with Crippen LogP contribution in [0, 0.1) is 12.8 Å². The number of carbonyl (C=O) groups is 1. The monoisotopic (exact) mass is 234 g/mol. The second-order valence-corrected chi connectivity index (χ2v) is 4.88. The largest absolute Gasteiger partial charge is 0.387 e. The van der Waals surface area contributed by atoms with E-state index in [1.54, 1.807) is 4.90 Å². The lowest BCUT2D eigenvalue weighted by Gasteiger charge is -2.21. The minimum Gasteiger partial charge on any atom is -0.387 e. The van der Waals surface area contributed by atoms with Gasteiger partial charge < -0.3 is 10.2 Å². The van der Waals surface area contributed by atoms with E-state index in [0.717, 1.165) is 23.4 Å². The Hall–Kier alpha value is -1.51. The van der Waals surface area contributed by atoms with Crippen LogP contribution in [0.2, 0.25) is 0 Å². The van der Waals surface area contributed by atoms with Gasteiger partial charge >= 0.3 is 0 Å². The summed E-state index contributed by atoms with van der Waals surface area (Å²) < 4.78 is 0. The van der Waals surface area contributed by atoms with Crippen molar-refractivity contribution in [1.82, 2.24) is 4.90 Å². The van der Waals surface area contributed by atoms with Crippen LogP contribution in [0.15, 0.2) is 18.2 Å². The average Bonchev–Trinajstić information content (AvgIpc) is 2.27. The molecule has 94 valence electrons. The molecule has 0 aliphatic rings. The molecule has 0 aliphatic heterocycles. The number of nitrogens with one attached hydrogen (secondary N) is 1. The van der Waals surface area contributed by atoms with E-state index < -0.39 is 0 Å². The summed E-state index contributed by atoms with van der Waals surface area (Å²) in [6.07, 6.45) is 0. The van der Waals surface area contributed by atoms with Crippen molar-refractivity contribution >= 4 is 11.6 Å². The molecule has 1 aromatic carbocycles. The highest BCUT2D eigenvalue weighted by Crippen LogP contribution is 2.18. The van der Waals surface area contributed by atoms with Crippen molar-refractivity contribution in [2.24, 2.45) is 5.92 Å². The number of amides is 1. The lowest BCUT2D eigenvalue weighted by Crippen LogP contribution is -2.30.